The third-order valence-electron chi connectivity index (χ3n) is 4.38. The van der Waals surface area contributed by atoms with Gasteiger partial charge < -0.3 is 5.11 Å². The van der Waals surface area contributed by atoms with Crippen LogP contribution in [0.3, 0.4) is 0 Å². The van der Waals surface area contributed by atoms with Gasteiger partial charge in [0.2, 0.25) is 0 Å². The molecule has 0 spiro atoms. The van der Waals surface area contributed by atoms with Crippen LogP contribution in [0, 0.1) is 11.7 Å². The molecule has 1 aromatic rings. The van der Waals surface area contributed by atoms with Crippen LogP contribution in [0.25, 0.3) is 0 Å². The molecule has 0 heterocycles. The molecule has 1 nitrogen and oxygen atoms in total. The summed E-state index contributed by atoms with van der Waals surface area (Å²) in [5, 5.41) is 11.3. The summed E-state index contributed by atoms with van der Waals surface area (Å²) in [6, 6.07) is 4.37. The van der Waals surface area contributed by atoms with Crippen molar-refractivity contribution < 1.29 is 9.50 Å². The van der Waals surface area contributed by atoms with E-state index >= 15 is 0 Å². The lowest BCUT2D eigenvalue weighted by Crippen LogP contribution is -2.30. The van der Waals surface area contributed by atoms with E-state index in [1.807, 2.05) is 0 Å². The molecule has 0 radical (unpaired) electrons. The Kier molecular flexibility index (Phi) is 4.86. The summed E-state index contributed by atoms with van der Waals surface area (Å²) in [5.74, 6) is 0.431. The topological polar surface area (TPSA) is 20.2 Å². The molecule has 0 amide bonds. The zero-order chi connectivity index (χ0) is 13.9. The largest absolute Gasteiger partial charge is 0.390 e. The summed E-state index contributed by atoms with van der Waals surface area (Å²) in [7, 11) is 0. The second-order valence-electron chi connectivity index (χ2n) is 5.84. The SMILES string of the molecule is CCC1CCCC(O)(Cc2cc(F)ccc2Cl)CC1. The van der Waals surface area contributed by atoms with Gasteiger partial charge in [0.15, 0.2) is 0 Å². The summed E-state index contributed by atoms with van der Waals surface area (Å²) >= 11 is 6.10. The van der Waals surface area contributed by atoms with Crippen molar-refractivity contribution in [3.63, 3.8) is 0 Å². The van der Waals surface area contributed by atoms with Crippen LogP contribution in [0.15, 0.2) is 18.2 Å². The Morgan fingerprint density at radius 3 is 2.89 bits per heavy atom. The Balaban J connectivity index is 2.10. The fraction of sp³-hybridized carbons (Fsp3) is 0.625. The van der Waals surface area contributed by atoms with Crippen LogP contribution >= 0.6 is 11.6 Å². The minimum atomic E-state index is -0.721. The van der Waals surface area contributed by atoms with Crippen LogP contribution in [-0.2, 0) is 6.42 Å². The summed E-state index contributed by atoms with van der Waals surface area (Å²) < 4.78 is 13.3. The molecule has 106 valence electrons. The Bertz CT molecular complexity index is 435. The van der Waals surface area contributed by atoms with Crippen LogP contribution in [-0.4, -0.2) is 10.7 Å². The first-order valence-corrected chi connectivity index (χ1v) is 7.56. The number of hydrogen-bond donors (Lipinski definition) is 1. The molecular formula is C16H22ClFO. The number of halogens is 2. The molecule has 19 heavy (non-hydrogen) atoms. The summed E-state index contributed by atoms with van der Waals surface area (Å²) in [5.41, 5.74) is 0.000523. The zero-order valence-electron chi connectivity index (χ0n) is 11.5. The van der Waals surface area contributed by atoms with Gasteiger partial charge >= 0.3 is 0 Å². The lowest BCUT2D eigenvalue weighted by Gasteiger charge is -2.27. The van der Waals surface area contributed by atoms with Gasteiger partial charge in [-0.3, -0.25) is 0 Å². The minimum absolute atomic E-state index is 0.289. The van der Waals surface area contributed by atoms with Gasteiger partial charge in [0.1, 0.15) is 5.82 Å². The lowest BCUT2D eigenvalue weighted by atomic mass is 9.87. The average Bonchev–Trinajstić information content (AvgIpc) is 2.56. The van der Waals surface area contributed by atoms with E-state index in [0.29, 0.717) is 11.4 Å². The van der Waals surface area contributed by atoms with Crippen molar-refractivity contribution in [3.8, 4) is 0 Å². The van der Waals surface area contributed by atoms with Crippen LogP contribution in [0.4, 0.5) is 4.39 Å². The fourth-order valence-corrected chi connectivity index (χ4v) is 3.26. The number of benzene rings is 1. The molecular weight excluding hydrogens is 263 g/mol. The van der Waals surface area contributed by atoms with Gasteiger partial charge in [0, 0.05) is 11.4 Å². The molecule has 2 rings (SSSR count). The van der Waals surface area contributed by atoms with Gasteiger partial charge in [-0.2, -0.15) is 0 Å². The van der Waals surface area contributed by atoms with E-state index in [-0.39, 0.29) is 5.82 Å². The van der Waals surface area contributed by atoms with Crippen molar-refractivity contribution in [2.75, 3.05) is 0 Å². The second kappa shape index (κ2) is 6.23. The quantitative estimate of drug-likeness (QED) is 0.795. The molecule has 1 fully saturated rings. The van der Waals surface area contributed by atoms with Crippen molar-refractivity contribution in [2.45, 2.75) is 57.5 Å². The molecule has 1 aliphatic carbocycles. The molecule has 2 unspecified atom stereocenters. The maximum Gasteiger partial charge on any atom is 0.123 e. The van der Waals surface area contributed by atoms with Crippen molar-refractivity contribution in [3.05, 3.63) is 34.6 Å². The number of rotatable bonds is 3. The predicted octanol–water partition coefficient (Wildman–Crippen LogP) is 4.74. The smallest absolute Gasteiger partial charge is 0.123 e. The van der Waals surface area contributed by atoms with E-state index in [4.69, 9.17) is 11.6 Å². The molecule has 0 aliphatic heterocycles. The Labute approximate surface area is 119 Å². The van der Waals surface area contributed by atoms with Crippen molar-refractivity contribution in [2.24, 2.45) is 5.92 Å². The summed E-state index contributed by atoms with van der Waals surface area (Å²) in [4.78, 5) is 0. The van der Waals surface area contributed by atoms with Crippen molar-refractivity contribution in [1.82, 2.24) is 0 Å². The Hall–Kier alpha value is -0.600. The molecule has 1 saturated carbocycles. The molecule has 1 N–H and O–H groups in total. The maximum absolute atomic E-state index is 13.3. The Morgan fingerprint density at radius 2 is 2.16 bits per heavy atom. The average molecular weight is 285 g/mol. The van der Waals surface area contributed by atoms with Crippen LogP contribution in [0.5, 0.6) is 0 Å². The van der Waals surface area contributed by atoms with Gasteiger partial charge in [-0.15, -0.1) is 0 Å². The molecule has 1 aromatic carbocycles. The second-order valence-corrected chi connectivity index (χ2v) is 6.25. The maximum atomic E-state index is 13.3. The normalized spacial score (nSPS) is 28.1. The van der Waals surface area contributed by atoms with Crippen LogP contribution in [0.2, 0.25) is 5.02 Å². The first-order chi connectivity index (χ1) is 9.02. The summed E-state index contributed by atoms with van der Waals surface area (Å²) in [6.07, 6.45) is 6.50. The van der Waals surface area contributed by atoms with Crippen LogP contribution in [0.1, 0.15) is 51.0 Å². The molecule has 0 bridgehead atoms. The highest BCUT2D eigenvalue weighted by Gasteiger charge is 2.31. The molecule has 0 saturated heterocycles. The highest BCUT2D eigenvalue weighted by molar-refractivity contribution is 6.31. The van der Waals surface area contributed by atoms with Gasteiger partial charge in [-0.1, -0.05) is 37.8 Å². The van der Waals surface area contributed by atoms with Gasteiger partial charge in [-0.25, -0.2) is 4.39 Å². The van der Waals surface area contributed by atoms with Gasteiger partial charge in [0.25, 0.3) is 0 Å². The van der Waals surface area contributed by atoms with E-state index in [1.54, 1.807) is 6.07 Å². The molecule has 2 atom stereocenters. The van der Waals surface area contributed by atoms with E-state index in [0.717, 1.165) is 37.2 Å². The fourth-order valence-electron chi connectivity index (χ4n) is 3.08. The predicted molar refractivity (Wildman–Crippen MR) is 76.9 cm³/mol. The van der Waals surface area contributed by atoms with Gasteiger partial charge in [-0.05, 0) is 48.9 Å². The van der Waals surface area contributed by atoms with E-state index in [2.05, 4.69) is 6.92 Å². The van der Waals surface area contributed by atoms with Gasteiger partial charge in [0.05, 0.1) is 5.60 Å². The van der Waals surface area contributed by atoms with Crippen LogP contribution < -0.4 is 0 Å². The molecule has 1 aliphatic rings. The van der Waals surface area contributed by atoms with E-state index in [9.17, 15) is 9.50 Å². The minimum Gasteiger partial charge on any atom is -0.390 e. The van der Waals surface area contributed by atoms with Crippen molar-refractivity contribution in [1.29, 1.82) is 0 Å². The standard InChI is InChI=1S/C16H22ClFO/c1-2-12-4-3-8-16(19,9-7-12)11-13-10-14(18)5-6-15(13)17/h5-6,10,12,19H,2-4,7-9,11H2,1H3. The lowest BCUT2D eigenvalue weighted by molar-refractivity contribution is 0.0241. The third kappa shape index (κ3) is 3.93. The first-order valence-electron chi connectivity index (χ1n) is 7.19. The molecule has 0 aromatic heterocycles. The first kappa shape index (κ1) is 14.8. The number of hydrogen-bond acceptors (Lipinski definition) is 1. The highest BCUT2D eigenvalue weighted by Crippen LogP contribution is 2.35. The monoisotopic (exact) mass is 284 g/mol. The van der Waals surface area contributed by atoms with Crippen molar-refractivity contribution >= 4 is 11.6 Å². The zero-order valence-corrected chi connectivity index (χ0v) is 12.2. The highest BCUT2D eigenvalue weighted by atomic mass is 35.5. The summed E-state index contributed by atoms with van der Waals surface area (Å²) in [6.45, 7) is 2.21. The molecule has 3 heteroatoms. The Morgan fingerprint density at radius 1 is 1.37 bits per heavy atom. The number of aliphatic hydroxyl groups is 1. The van der Waals surface area contributed by atoms with E-state index < -0.39 is 5.60 Å². The third-order valence-corrected chi connectivity index (χ3v) is 4.75. The van der Waals surface area contributed by atoms with E-state index in [1.165, 1.54) is 25.0 Å².